The molecule has 1 aliphatic heterocycles. The fourth-order valence-electron chi connectivity index (χ4n) is 2.51. The first-order chi connectivity index (χ1) is 9.15. The molecule has 0 aliphatic carbocycles. The summed E-state index contributed by atoms with van der Waals surface area (Å²) in [6, 6.07) is 3.03. The summed E-state index contributed by atoms with van der Waals surface area (Å²) >= 11 is 0. The summed E-state index contributed by atoms with van der Waals surface area (Å²) in [5.41, 5.74) is 6.63. The number of anilines is 2. The minimum atomic E-state index is -0.276. The standard InChI is InChI=1S/C14H22FN3O/c1-3-4-17-5-7-18(8-6-17)13-10-14(19-2)12(16)9-11(13)15/h9-10H,3-8,16H2,1-2H3. The molecule has 0 aromatic heterocycles. The number of halogens is 1. The van der Waals surface area contributed by atoms with E-state index in [1.165, 1.54) is 6.07 Å². The van der Waals surface area contributed by atoms with Gasteiger partial charge in [-0.15, -0.1) is 0 Å². The van der Waals surface area contributed by atoms with Crippen molar-refractivity contribution >= 4 is 11.4 Å². The summed E-state index contributed by atoms with van der Waals surface area (Å²) in [6.45, 7) is 6.91. The minimum Gasteiger partial charge on any atom is -0.495 e. The number of ether oxygens (including phenoxy) is 1. The van der Waals surface area contributed by atoms with Gasteiger partial charge in [0.25, 0.3) is 0 Å². The van der Waals surface area contributed by atoms with Gasteiger partial charge in [-0.2, -0.15) is 0 Å². The van der Waals surface area contributed by atoms with Crippen LogP contribution in [-0.4, -0.2) is 44.7 Å². The number of hydrogen-bond donors (Lipinski definition) is 1. The summed E-state index contributed by atoms with van der Waals surface area (Å²) < 4.78 is 19.2. The molecule has 1 fully saturated rings. The zero-order valence-electron chi connectivity index (χ0n) is 11.7. The smallest absolute Gasteiger partial charge is 0.148 e. The Hall–Kier alpha value is -1.49. The highest BCUT2D eigenvalue weighted by atomic mass is 19.1. The van der Waals surface area contributed by atoms with E-state index in [0.29, 0.717) is 17.1 Å². The third kappa shape index (κ3) is 3.10. The lowest BCUT2D eigenvalue weighted by Crippen LogP contribution is -2.46. The van der Waals surface area contributed by atoms with Crippen molar-refractivity contribution in [3.05, 3.63) is 17.9 Å². The molecule has 0 saturated carbocycles. The van der Waals surface area contributed by atoms with E-state index in [4.69, 9.17) is 10.5 Å². The van der Waals surface area contributed by atoms with Crippen molar-refractivity contribution in [3.63, 3.8) is 0 Å². The second-order valence-corrected chi connectivity index (χ2v) is 4.87. The first kappa shape index (κ1) is 13.9. The van der Waals surface area contributed by atoms with E-state index in [0.717, 1.165) is 39.1 Å². The molecule has 1 aromatic rings. The Bertz CT molecular complexity index is 431. The normalized spacial score (nSPS) is 16.7. The van der Waals surface area contributed by atoms with Crippen LogP contribution in [0.3, 0.4) is 0 Å². The van der Waals surface area contributed by atoms with Crippen LogP contribution in [0.5, 0.6) is 5.75 Å². The topological polar surface area (TPSA) is 41.7 Å². The van der Waals surface area contributed by atoms with Gasteiger partial charge in [0, 0.05) is 38.3 Å². The van der Waals surface area contributed by atoms with E-state index in [9.17, 15) is 4.39 Å². The maximum atomic E-state index is 14.0. The third-order valence-electron chi connectivity index (χ3n) is 3.55. The number of nitrogen functional groups attached to an aromatic ring is 1. The van der Waals surface area contributed by atoms with Crippen molar-refractivity contribution in [2.45, 2.75) is 13.3 Å². The Balaban J connectivity index is 2.11. The zero-order chi connectivity index (χ0) is 13.8. The highest BCUT2D eigenvalue weighted by molar-refractivity contribution is 5.63. The van der Waals surface area contributed by atoms with Gasteiger partial charge in [-0.05, 0) is 13.0 Å². The van der Waals surface area contributed by atoms with Gasteiger partial charge < -0.3 is 15.4 Å². The van der Waals surface area contributed by atoms with Crippen LogP contribution in [0.4, 0.5) is 15.8 Å². The first-order valence-electron chi connectivity index (χ1n) is 6.76. The average molecular weight is 267 g/mol. The monoisotopic (exact) mass is 267 g/mol. The number of nitrogens with zero attached hydrogens (tertiary/aromatic N) is 2. The second-order valence-electron chi connectivity index (χ2n) is 4.87. The lowest BCUT2D eigenvalue weighted by Gasteiger charge is -2.36. The summed E-state index contributed by atoms with van der Waals surface area (Å²) in [4.78, 5) is 4.46. The highest BCUT2D eigenvalue weighted by Gasteiger charge is 2.20. The predicted molar refractivity (Wildman–Crippen MR) is 76.3 cm³/mol. The quantitative estimate of drug-likeness (QED) is 0.847. The van der Waals surface area contributed by atoms with Crippen molar-refractivity contribution in [1.29, 1.82) is 0 Å². The van der Waals surface area contributed by atoms with Crippen LogP contribution in [0, 0.1) is 5.82 Å². The lowest BCUT2D eigenvalue weighted by atomic mass is 10.2. The molecule has 2 rings (SSSR count). The molecular weight excluding hydrogens is 245 g/mol. The van der Waals surface area contributed by atoms with Gasteiger partial charge >= 0.3 is 0 Å². The van der Waals surface area contributed by atoms with Crippen molar-refractivity contribution in [3.8, 4) is 5.75 Å². The van der Waals surface area contributed by atoms with Gasteiger partial charge in [0.1, 0.15) is 11.6 Å². The summed E-state index contributed by atoms with van der Waals surface area (Å²) in [5.74, 6) is 0.259. The van der Waals surface area contributed by atoms with E-state index >= 15 is 0 Å². The lowest BCUT2D eigenvalue weighted by molar-refractivity contribution is 0.258. The maximum absolute atomic E-state index is 14.0. The van der Waals surface area contributed by atoms with E-state index in [1.807, 2.05) is 0 Å². The van der Waals surface area contributed by atoms with Crippen LogP contribution < -0.4 is 15.4 Å². The number of hydrogen-bond acceptors (Lipinski definition) is 4. The molecule has 0 atom stereocenters. The van der Waals surface area contributed by atoms with Crippen LogP contribution in [0.1, 0.15) is 13.3 Å². The Morgan fingerprint density at radius 1 is 1.26 bits per heavy atom. The molecule has 1 aliphatic rings. The van der Waals surface area contributed by atoms with E-state index < -0.39 is 0 Å². The van der Waals surface area contributed by atoms with Crippen LogP contribution in [0.25, 0.3) is 0 Å². The van der Waals surface area contributed by atoms with Gasteiger partial charge in [-0.25, -0.2) is 4.39 Å². The van der Waals surface area contributed by atoms with Crippen LogP contribution >= 0.6 is 0 Å². The molecule has 19 heavy (non-hydrogen) atoms. The number of rotatable bonds is 4. The molecule has 0 radical (unpaired) electrons. The molecule has 0 spiro atoms. The Labute approximate surface area is 113 Å². The highest BCUT2D eigenvalue weighted by Crippen LogP contribution is 2.31. The average Bonchev–Trinajstić information content (AvgIpc) is 2.41. The molecule has 1 heterocycles. The molecule has 0 amide bonds. The Morgan fingerprint density at radius 3 is 2.53 bits per heavy atom. The molecule has 4 nitrogen and oxygen atoms in total. The number of methoxy groups -OCH3 is 1. The van der Waals surface area contributed by atoms with Crippen LogP contribution in [0.2, 0.25) is 0 Å². The molecule has 0 unspecified atom stereocenters. The first-order valence-corrected chi connectivity index (χ1v) is 6.76. The van der Waals surface area contributed by atoms with Gasteiger partial charge in [0.2, 0.25) is 0 Å². The zero-order valence-corrected chi connectivity index (χ0v) is 11.7. The third-order valence-corrected chi connectivity index (χ3v) is 3.55. The molecule has 2 N–H and O–H groups in total. The van der Waals surface area contributed by atoms with E-state index in [1.54, 1.807) is 13.2 Å². The van der Waals surface area contributed by atoms with E-state index in [-0.39, 0.29) is 5.82 Å². The van der Waals surface area contributed by atoms with Gasteiger partial charge in [0.15, 0.2) is 0 Å². The molecule has 5 heteroatoms. The summed E-state index contributed by atoms with van der Waals surface area (Å²) in [5, 5.41) is 0. The van der Waals surface area contributed by atoms with Crippen molar-refractivity contribution in [2.75, 3.05) is 50.5 Å². The van der Waals surface area contributed by atoms with Crippen LogP contribution in [0.15, 0.2) is 12.1 Å². The van der Waals surface area contributed by atoms with Crippen molar-refractivity contribution in [1.82, 2.24) is 4.90 Å². The van der Waals surface area contributed by atoms with E-state index in [2.05, 4.69) is 16.7 Å². The summed E-state index contributed by atoms with van der Waals surface area (Å²) in [7, 11) is 1.55. The summed E-state index contributed by atoms with van der Waals surface area (Å²) in [6.07, 6.45) is 1.16. The molecule has 1 saturated heterocycles. The Morgan fingerprint density at radius 2 is 1.95 bits per heavy atom. The predicted octanol–water partition coefficient (Wildman–Crippen LogP) is 1.95. The number of nitrogens with two attached hydrogens (primary N) is 1. The van der Waals surface area contributed by atoms with Crippen molar-refractivity contribution < 1.29 is 9.13 Å². The second kappa shape index (κ2) is 6.10. The van der Waals surface area contributed by atoms with Gasteiger partial charge in [-0.3, -0.25) is 4.90 Å². The Kier molecular flexibility index (Phi) is 4.47. The molecule has 106 valence electrons. The van der Waals surface area contributed by atoms with Crippen molar-refractivity contribution in [2.24, 2.45) is 0 Å². The van der Waals surface area contributed by atoms with Crippen LogP contribution in [-0.2, 0) is 0 Å². The fraction of sp³-hybridized carbons (Fsp3) is 0.571. The molecule has 0 bridgehead atoms. The number of piperazine rings is 1. The SMILES string of the molecule is CCCN1CCN(c2cc(OC)c(N)cc2F)CC1. The molecule has 1 aromatic carbocycles. The largest absolute Gasteiger partial charge is 0.495 e. The fourth-order valence-corrected chi connectivity index (χ4v) is 2.51. The maximum Gasteiger partial charge on any atom is 0.148 e. The molecular formula is C14H22FN3O. The minimum absolute atomic E-state index is 0.276. The number of benzene rings is 1. The van der Waals surface area contributed by atoms with Gasteiger partial charge in [-0.1, -0.05) is 6.92 Å². The van der Waals surface area contributed by atoms with Gasteiger partial charge in [0.05, 0.1) is 18.5 Å².